The van der Waals surface area contributed by atoms with E-state index in [4.69, 9.17) is 19.9 Å². The van der Waals surface area contributed by atoms with Crippen molar-refractivity contribution in [1.29, 1.82) is 0 Å². The third kappa shape index (κ3) is 3.92. The topological polar surface area (TPSA) is 57.0 Å². The van der Waals surface area contributed by atoms with Crippen molar-refractivity contribution >= 4 is 5.69 Å². The van der Waals surface area contributed by atoms with E-state index in [1.54, 1.807) is 21.3 Å². The van der Waals surface area contributed by atoms with Crippen LogP contribution in [-0.4, -0.2) is 41.0 Å². The summed E-state index contributed by atoms with van der Waals surface area (Å²) in [4.78, 5) is 2.10. The molecule has 0 fully saturated rings. The molecule has 1 atom stereocenters. The maximum atomic E-state index is 5.79. The lowest BCUT2D eigenvalue weighted by Gasteiger charge is -2.24. The number of ether oxygens (including phenoxy) is 3. The van der Waals surface area contributed by atoms with E-state index in [1.807, 2.05) is 26.1 Å². The second kappa shape index (κ2) is 7.09. The standard InChI is InChI=1S/C14H24N2O3/c1-10(15)6-7-16(2)11-8-13(18-4)14(19-5)9-12(11)17-3/h8-10H,6-7,15H2,1-5H3. The molecular weight excluding hydrogens is 244 g/mol. The predicted octanol–water partition coefficient (Wildman–Crippen LogP) is 1.89. The Bertz CT molecular complexity index is 408. The van der Waals surface area contributed by atoms with Gasteiger partial charge in [-0.05, 0) is 13.3 Å². The summed E-state index contributed by atoms with van der Waals surface area (Å²) in [6.45, 7) is 2.85. The third-order valence-electron chi connectivity index (χ3n) is 3.02. The van der Waals surface area contributed by atoms with Gasteiger partial charge in [0.1, 0.15) is 5.75 Å². The van der Waals surface area contributed by atoms with Crippen LogP contribution in [0.4, 0.5) is 5.69 Å². The molecule has 2 N–H and O–H groups in total. The number of nitrogens with zero attached hydrogens (tertiary/aromatic N) is 1. The molecule has 19 heavy (non-hydrogen) atoms. The highest BCUT2D eigenvalue weighted by Gasteiger charge is 2.15. The Morgan fingerprint density at radius 3 is 2.05 bits per heavy atom. The first-order valence-corrected chi connectivity index (χ1v) is 6.30. The summed E-state index contributed by atoms with van der Waals surface area (Å²) < 4.78 is 16.0. The van der Waals surface area contributed by atoms with Gasteiger partial charge in [0.05, 0.1) is 27.0 Å². The first kappa shape index (κ1) is 15.4. The van der Waals surface area contributed by atoms with Crippen molar-refractivity contribution in [2.75, 3.05) is 39.8 Å². The van der Waals surface area contributed by atoms with Crippen LogP contribution in [0, 0.1) is 0 Å². The summed E-state index contributed by atoms with van der Waals surface area (Å²) in [6, 6.07) is 3.92. The van der Waals surface area contributed by atoms with Crippen molar-refractivity contribution in [3.8, 4) is 17.2 Å². The number of anilines is 1. The van der Waals surface area contributed by atoms with Crippen LogP contribution in [0.2, 0.25) is 0 Å². The molecule has 0 radical (unpaired) electrons. The Balaban J connectivity index is 3.03. The predicted molar refractivity (Wildman–Crippen MR) is 77.6 cm³/mol. The Morgan fingerprint density at radius 2 is 1.58 bits per heavy atom. The highest BCUT2D eigenvalue weighted by atomic mass is 16.5. The molecule has 1 rings (SSSR count). The Hall–Kier alpha value is -1.62. The van der Waals surface area contributed by atoms with Gasteiger partial charge in [-0.3, -0.25) is 0 Å². The van der Waals surface area contributed by atoms with Crippen LogP contribution in [0.15, 0.2) is 12.1 Å². The molecule has 5 heteroatoms. The molecule has 0 aliphatic rings. The summed E-state index contributed by atoms with van der Waals surface area (Å²) in [5.41, 5.74) is 6.75. The van der Waals surface area contributed by atoms with E-state index in [0.29, 0.717) is 11.5 Å². The van der Waals surface area contributed by atoms with Crippen LogP contribution in [0.1, 0.15) is 13.3 Å². The monoisotopic (exact) mass is 268 g/mol. The van der Waals surface area contributed by atoms with E-state index < -0.39 is 0 Å². The molecule has 1 aromatic carbocycles. The van der Waals surface area contributed by atoms with Crippen molar-refractivity contribution in [2.45, 2.75) is 19.4 Å². The van der Waals surface area contributed by atoms with Crippen LogP contribution in [-0.2, 0) is 0 Å². The minimum absolute atomic E-state index is 0.175. The van der Waals surface area contributed by atoms with Gasteiger partial charge in [-0.2, -0.15) is 0 Å². The van der Waals surface area contributed by atoms with Crippen molar-refractivity contribution in [3.05, 3.63) is 12.1 Å². The van der Waals surface area contributed by atoms with E-state index in [-0.39, 0.29) is 6.04 Å². The van der Waals surface area contributed by atoms with Gasteiger partial charge >= 0.3 is 0 Å². The molecular formula is C14H24N2O3. The largest absolute Gasteiger partial charge is 0.494 e. The number of hydrogen-bond acceptors (Lipinski definition) is 5. The fourth-order valence-corrected chi connectivity index (χ4v) is 1.83. The normalized spacial score (nSPS) is 11.9. The van der Waals surface area contributed by atoms with Gasteiger partial charge in [0.25, 0.3) is 0 Å². The molecule has 0 aromatic heterocycles. The average Bonchev–Trinajstić information content (AvgIpc) is 2.42. The molecule has 108 valence electrons. The van der Waals surface area contributed by atoms with Gasteiger partial charge in [0.15, 0.2) is 11.5 Å². The molecule has 1 unspecified atom stereocenters. The van der Waals surface area contributed by atoms with Gasteiger partial charge in [0.2, 0.25) is 0 Å². The zero-order valence-electron chi connectivity index (χ0n) is 12.4. The number of methoxy groups -OCH3 is 3. The fourth-order valence-electron chi connectivity index (χ4n) is 1.83. The van der Waals surface area contributed by atoms with E-state index in [1.165, 1.54) is 0 Å². The van der Waals surface area contributed by atoms with Crippen LogP contribution in [0.25, 0.3) is 0 Å². The van der Waals surface area contributed by atoms with Crippen LogP contribution in [0.3, 0.4) is 0 Å². The van der Waals surface area contributed by atoms with Crippen molar-refractivity contribution in [1.82, 2.24) is 0 Å². The van der Waals surface area contributed by atoms with Gasteiger partial charge in [-0.15, -0.1) is 0 Å². The summed E-state index contributed by atoms with van der Waals surface area (Å²) in [5.74, 6) is 2.10. The highest BCUT2D eigenvalue weighted by Crippen LogP contribution is 2.39. The molecule has 5 nitrogen and oxygen atoms in total. The van der Waals surface area contributed by atoms with E-state index >= 15 is 0 Å². The second-order valence-electron chi connectivity index (χ2n) is 4.57. The molecule has 0 saturated heterocycles. The number of nitrogens with two attached hydrogens (primary N) is 1. The van der Waals surface area contributed by atoms with Gasteiger partial charge < -0.3 is 24.8 Å². The van der Waals surface area contributed by atoms with Crippen LogP contribution in [0.5, 0.6) is 17.2 Å². The minimum atomic E-state index is 0.175. The molecule has 0 aliphatic carbocycles. The van der Waals surface area contributed by atoms with Crippen LogP contribution < -0.4 is 24.8 Å². The number of hydrogen-bond donors (Lipinski definition) is 1. The average molecular weight is 268 g/mol. The second-order valence-corrected chi connectivity index (χ2v) is 4.57. The maximum Gasteiger partial charge on any atom is 0.164 e. The van der Waals surface area contributed by atoms with E-state index in [0.717, 1.165) is 24.4 Å². The lowest BCUT2D eigenvalue weighted by Crippen LogP contribution is -2.26. The Morgan fingerprint density at radius 1 is 1.05 bits per heavy atom. The first-order chi connectivity index (χ1) is 9.03. The zero-order chi connectivity index (χ0) is 14.4. The molecule has 1 aromatic rings. The fraction of sp³-hybridized carbons (Fsp3) is 0.571. The summed E-state index contributed by atoms with van der Waals surface area (Å²) in [5, 5.41) is 0. The molecule has 0 spiro atoms. The smallest absolute Gasteiger partial charge is 0.164 e. The molecule has 0 aliphatic heterocycles. The lowest BCUT2D eigenvalue weighted by molar-refractivity contribution is 0.349. The molecule has 0 heterocycles. The summed E-state index contributed by atoms with van der Waals surface area (Å²) in [7, 11) is 6.88. The summed E-state index contributed by atoms with van der Waals surface area (Å²) >= 11 is 0. The Labute approximate surface area is 115 Å². The SMILES string of the molecule is COc1cc(OC)c(N(C)CCC(C)N)cc1OC. The van der Waals surface area contributed by atoms with Crippen LogP contribution >= 0.6 is 0 Å². The van der Waals surface area contributed by atoms with Gasteiger partial charge in [-0.25, -0.2) is 0 Å². The van der Waals surface area contributed by atoms with Crippen molar-refractivity contribution < 1.29 is 14.2 Å². The number of rotatable bonds is 7. The minimum Gasteiger partial charge on any atom is -0.494 e. The Kier molecular flexibility index (Phi) is 5.76. The zero-order valence-corrected chi connectivity index (χ0v) is 12.4. The third-order valence-corrected chi connectivity index (χ3v) is 3.02. The van der Waals surface area contributed by atoms with E-state index in [2.05, 4.69) is 4.90 Å². The lowest BCUT2D eigenvalue weighted by atomic mass is 10.2. The van der Waals surface area contributed by atoms with Gasteiger partial charge in [-0.1, -0.05) is 0 Å². The molecule has 0 bridgehead atoms. The van der Waals surface area contributed by atoms with Crippen molar-refractivity contribution in [3.63, 3.8) is 0 Å². The summed E-state index contributed by atoms with van der Waals surface area (Å²) in [6.07, 6.45) is 0.911. The first-order valence-electron chi connectivity index (χ1n) is 6.30. The van der Waals surface area contributed by atoms with E-state index in [9.17, 15) is 0 Å². The van der Waals surface area contributed by atoms with Gasteiger partial charge in [0, 0.05) is 31.8 Å². The quantitative estimate of drug-likeness (QED) is 0.818. The highest BCUT2D eigenvalue weighted by molar-refractivity contribution is 5.65. The molecule has 0 amide bonds. The number of benzene rings is 1. The maximum absolute atomic E-state index is 5.79. The molecule has 0 saturated carbocycles. The van der Waals surface area contributed by atoms with Crippen molar-refractivity contribution in [2.24, 2.45) is 5.73 Å².